The monoisotopic (exact) mass is 322 g/mol. The summed E-state index contributed by atoms with van der Waals surface area (Å²) in [6.07, 6.45) is 0. The Balaban J connectivity index is 2.26. The van der Waals surface area contributed by atoms with Gasteiger partial charge in [-0.15, -0.1) is 0 Å². The van der Waals surface area contributed by atoms with Crippen LogP contribution in [-0.2, 0) is 0 Å². The zero-order valence-corrected chi connectivity index (χ0v) is 12.6. The number of rotatable bonds is 3. The highest BCUT2D eigenvalue weighted by molar-refractivity contribution is 6.44. The second-order valence-electron chi connectivity index (χ2n) is 4.45. The minimum Gasteiger partial charge on any atom is -0.397 e. The predicted octanol–water partition coefficient (Wildman–Crippen LogP) is 4.03. The Morgan fingerprint density at radius 3 is 2.43 bits per heavy atom. The van der Waals surface area contributed by atoms with E-state index in [0.29, 0.717) is 11.3 Å². The van der Waals surface area contributed by atoms with E-state index >= 15 is 0 Å². The number of carbonyl (C=O) groups is 2. The van der Waals surface area contributed by atoms with Crippen molar-refractivity contribution < 1.29 is 9.59 Å². The van der Waals surface area contributed by atoms with E-state index in [1.165, 1.54) is 19.1 Å². The fraction of sp³-hybridized carbons (Fsp3) is 0.0667. The minimum absolute atomic E-state index is 0.0788. The second-order valence-corrected chi connectivity index (χ2v) is 5.24. The number of hydrogen-bond donors (Lipinski definition) is 2. The molecule has 0 fully saturated rings. The molecule has 0 radical (unpaired) electrons. The molecule has 3 N–H and O–H groups in total. The van der Waals surface area contributed by atoms with Crippen molar-refractivity contribution in [1.82, 2.24) is 0 Å². The summed E-state index contributed by atoms with van der Waals surface area (Å²) in [6, 6.07) is 9.53. The van der Waals surface area contributed by atoms with Gasteiger partial charge in [-0.2, -0.15) is 0 Å². The van der Waals surface area contributed by atoms with E-state index in [1.54, 1.807) is 24.3 Å². The molecule has 0 aliphatic rings. The summed E-state index contributed by atoms with van der Waals surface area (Å²) in [5.41, 5.74) is 7.22. The maximum atomic E-state index is 12.2. The fourth-order valence-electron chi connectivity index (χ4n) is 1.76. The Hall–Kier alpha value is -2.04. The van der Waals surface area contributed by atoms with Crippen LogP contribution in [0, 0.1) is 0 Å². The molecule has 0 bridgehead atoms. The van der Waals surface area contributed by atoms with Gasteiger partial charge in [-0.05, 0) is 31.2 Å². The van der Waals surface area contributed by atoms with Gasteiger partial charge in [-0.1, -0.05) is 35.3 Å². The van der Waals surface area contributed by atoms with Crippen LogP contribution >= 0.6 is 23.2 Å². The number of Topliss-reactive ketones (excluding diaryl/α,β-unsaturated/α-hetero) is 1. The molecule has 0 atom stereocenters. The van der Waals surface area contributed by atoms with Crippen LogP contribution in [0.25, 0.3) is 0 Å². The van der Waals surface area contributed by atoms with Crippen molar-refractivity contribution >= 4 is 46.3 Å². The number of ketones is 1. The lowest BCUT2D eigenvalue weighted by molar-refractivity contribution is 0.101. The van der Waals surface area contributed by atoms with Crippen molar-refractivity contribution in [2.24, 2.45) is 0 Å². The quantitative estimate of drug-likeness (QED) is 0.661. The lowest BCUT2D eigenvalue weighted by Crippen LogP contribution is -2.12. The third-order valence-corrected chi connectivity index (χ3v) is 3.66. The van der Waals surface area contributed by atoms with E-state index in [1.807, 2.05) is 0 Å². The van der Waals surface area contributed by atoms with Crippen molar-refractivity contribution in [1.29, 1.82) is 0 Å². The average molecular weight is 323 g/mol. The van der Waals surface area contributed by atoms with Gasteiger partial charge in [0, 0.05) is 16.8 Å². The van der Waals surface area contributed by atoms with Gasteiger partial charge in [-0.3, -0.25) is 9.59 Å². The summed E-state index contributed by atoms with van der Waals surface area (Å²) in [4.78, 5) is 23.5. The van der Waals surface area contributed by atoms with E-state index in [0.717, 1.165) is 0 Å². The SMILES string of the molecule is CC(=O)c1cccc(NC(=O)c2cc(N)c(Cl)c(Cl)c2)c1. The van der Waals surface area contributed by atoms with Crippen LogP contribution in [0.15, 0.2) is 36.4 Å². The van der Waals surface area contributed by atoms with Gasteiger partial charge in [0.25, 0.3) is 5.91 Å². The second kappa shape index (κ2) is 6.16. The van der Waals surface area contributed by atoms with Crippen molar-refractivity contribution in [2.45, 2.75) is 6.92 Å². The summed E-state index contributed by atoms with van der Waals surface area (Å²) >= 11 is 11.7. The number of benzene rings is 2. The molecule has 1 amide bonds. The Labute approximate surface area is 131 Å². The number of nitrogens with two attached hydrogens (primary N) is 1. The normalized spacial score (nSPS) is 10.2. The zero-order chi connectivity index (χ0) is 15.6. The van der Waals surface area contributed by atoms with Crippen molar-refractivity contribution in [2.75, 3.05) is 11.1 Å². The molecule has 0 saturated carbocycles. The van der Waals surface area contributed by atoms with Crippen molar-refractivity contribution in [3.05, 3.63) is 57.6 Å². The molecular weight excluding hydrogens is 311 g/mol. The van der Waals surface area contributed by atoms with Gasteiger partial charge in [0.15, 0.2) is 5.78 Å². The first-order chi connectivity index (χ1) is 9.88. The number of anilines is 2. The lowest BCUT2D eigenvalue weighted by atomic mass is 10.1. The molecule has 0 saturated heterocycles. The van der Waals surface area contributed by atoms with Gasteiger partial charge in [-0.25, -0.2) is 0 Å². The summed E-state index contributed by atoms with van der Waals surface area (Å²) in [5.74, 6) is -0.467. The van der Waals surface area contributed by atoms with Crippen LogP contribution in [0.5, 0.6) is 0 Å². The number of amides is 1. The Bertz CT molecular complexity index is 706. The number of carbonyl (C=O) groups excluding carboxylic acids is 2. The summed E-state index contributed by atoms with van der Waals surface area (Å²) in [6.45, 7) is 1.46. The third-order valence-electron chi connectivity index (χ3n) is 2.85. The first-order valence-corrected chi connectivity index (χ1v) is 6.81. The largest absolute Gasteiger partial charge is 0.397 e. The van der Waals surface area contributed by atoms with Crippen molar-refractivity contribution in [3.63, 3.8) is 0 Å². The van der Waals surface area contributed by atoms with E-state index in [2.05, 4.69) is 5.32 Å². The van der Waals surface area contributed by atoms with Gasteiger partial charge >= 0.3 is 0 Å². The standard InChI is InChI=1S/C15H12Cl2N2O2/c1-8(20)9-3-2-4-11(5-9)19-15(21)10-6-12(16)14(17)13(18)7-10/h2-7H,18H2,1H3,(H,19,21). The fourth-order valence-corrected chi connectivity index (χ4v) is 2.10. The molecule has 6 heteroatoms. The molecule has 0 spiro atoms. The maximum absolute atomic E-state index is 12.2. The van der Waals surface area contributed by atoms with Gasteiger partial charge in [0.1, 0.15) is 0 Å². The van der Waals surface area contributed by atoms with Crippen molar-refractivity contribution in [3.8, 4) is 0 Å². The topological polar surface area (TPSA) is 72.2 Å². The van der Waals surface area contributed by atoms with E-state index in [9.17, 15) is 9.59 Å². The third kappa shape index (κ3) is 3.54. The zero-order valence-electron chi connectivity index (χ0n) is 11.1. The molecule has 0 aromatic heterocycles. The molecule has 2 rings (SSSR count). The molecule has 0 heterocycles. The van der Waals surface area contributed by atoms with Crippen LogP contribution in [0.4, 0.5) is 11.4 Å². The first kappa shape index (κ1) is 15.4. The Kier molecular flexibility index (Phi) is 4.50. The molecule has 2 aromatic rings. The summed E-state index contributed by atoms with van der Waals surface area (Å²) in [5, 5.41) is 3.10. The maximum Gasteiger partial charge on any atom is 0.255 e. The number of nitrogen functional groups attached to an aromatic ring is 1. The highest BCUT2D eigenvalue weighted by atomic mass is 35.5. The van der Waals surface area contributed by atoms with Gasteiger partial charge < -0.3 is 11.1 Å². The highest BCUT2D eigenvalue weighted by Gasteiger charge is 2.12. The van der Waals surface area contributed by atoms with E-state index < -0.39 is 0 Å². The van der Waals surface area contributed by atoms with Crippen LogP contribution in [0.3, 0.4) is 0 Å². The van der Waals surface area contributed by atoms with Crippen LogP contribution in [0.1, 0.15) is 27.6 Å². The van der Waals surface area contributed by atoms with Crippen LogP contribution in [0.2, 0.25) is 10.0 Å². The highest BCUT2D eigenvalue weighted by Crippen LogP contribution is 2.29. The summed E-state index contributed by atoms with van der Waals surface area (Å²) < 4.78 is 0. The average Bonchev–Trinajstić information content (AvgIpc) is 2.44. The van der Waals surface area contributed by atoms with Gasteiger partial charge in [0.2, 0.25) is 0 Å². The van der Waals surface area contributed by atoms with Crippen LogP contribution < -0.4 is 11.1 Å². The molecule has 2 aromatic carbocycles. The molecule has 0 aliphatic heterocycles. The lowest BCUT2D eigenvalue weighted by Gasteiger charge is -2.08. The number of hydrogen-bond acceptors (Lipinski definition) is 3. The minimum atomic E-state index is -0.388. The van der Waals surface area contributed by atoms with Crippen LogP contribution in [-0.4, -0.2) is 11.7 Å². The predicted molar refractivity (Wildman–Crippen MR) is 85.3 cm³/mol. The first-order valence-electron chi connectivity index (χ1n) is 6.05. The Morgan fingerprint density at radius 2 is 1.81 bits per heavy atom. The summed E-state index contributed by atoms with van der Waals surface area (Å²) in [7, 11) is 0. The Morgan fingerprint density at radius 1 is 1.10 bits per heavy atom. The molecule has 4 nitrogen and oxygen atoms in total. The molecule has 0 aliphatic carbocycles. The van der Waals surface area contributed by atoms with E-state index in [4.69, 9.17) is 28.9 Å². The molecule has 0 unspecified atom stereocenters. The number of halogens is 2. The molecule has 21 heavy (non-hydrogen) atoms. The van der Waals surface area contributed by atoms with E-state index in [-0.39, 0.29) is 33.0 Å². The molecular formula is C15H12Cl2N2O2. The smallest absolute Gasteiger partial charge is 0.255 e. The molecule has 108 valence electrons. The number of nitrogens with one attached hydrogen (secondary N) is 1. The van der Waals surface area contributed by atoms with Gasteiger partial charge in [0.05, 0.1) is 15.7 Å².